The SMILES string of the molecule is CC(C)(C)OC(=O)N[C@@H](Cc1ccccc1)[C@@H](O)C[C@H](Cc1ccccc1)C(=O)N[C@H](C(=O)NCc1nc2ccccc2[nH]1)c1ccccc1. The Morgan fingerprint density at radius 3 is 1.96 bits per heavy atom. The van der Waals surface area contributed by atoms with Crippen LogP contribution in [0.5, 0.6) is 0 Å². The number of aromatic amines is 1. The average Bonchev–Trinajstić information content (AvgIpc) is 3.52. The Hall–Kier alpha value is -5.48. The summed E-state index contributed by atoms with van der Waals surface area (Å²) < 4.78 is 5.51. The Morgan fingerprint density at radius 2 is 1.34 bits per heavy atom. The van der Waals surface area contributed by atoms with Crippen LogP contribution in [0.3, 0.4) is 0 Å². The minimum Gasteiger partial charge on any atom is -0.444 e. The highest BCUT2D eigenvalue weighted by Crippen LogP contribution is 2.22. The second-order valence-corrected chi connectivity index (χ2v) is 13.4. The first-order chi connectivity index (χ1) is 24.0. The number of amides is 3. The number of aromatic nitrogens is 2. The van der Waals surface area contributed by atoms with Gasteiger partial charge >= 0.3 is 6.09 Å². The van der Waals surface area contributed by atoms with Crippen LogP contribution in [0.4, 0.5) is 4.79 Å². The van der Waals surface area contributed by atoms with Crippen molar-refractivity contribution in [2.24, 2.45) is 5.92 Å². The van der Waals surface area contributed by atoms with Crippen molar-refractivity contribution in [3.8, 4) is 0 Å². The fourth-order valence-corrected chi connectivity index (χ4v) is 5.82. The second-order valence-electron chi connectivity index (χ2n) is 13.4. The molecule has 0 spiro atoms. The molecule has 1 heterocycles. The molecule has 0 aliphatic heterocycles. The summed E-state index contributed by atoms with van der Waals surface area (Å²) in [6.45, 7) is 5.44. The van der Waals surface area contributed by atoms with Gasteiger partial charge in [-0.2, -0.15) is 0 Å². The molecule has 4 aromatic carbocycles. The summed E-state index contributed by atoms with van der Waals surface area (Å²) in [6.07, 6.45) is -1.16. The average molecular weight is 676 g/mol. The smallest absolute Gasteiger partial charge is 0.407 e. The molecule has 0 aliphatic carbocycles. The number of benzene rings is 4. The van der Waals surface area contributed by atoms with E-state index in [1.54, 1.807) is 32.9 Å². The summed E-state index contributed by atoms with van der Waals surface area (Å²) in [5, 5.41) is 20.4. The Kier molecular flexibility index (Phi) is 12.0. The molecule has 0 saturated carbocycles. The highest BCUT2D eigenvalue weighted by Gasteiger charge is 2.32. The normalized spacial score (nSPS) is 13.8. The lowest BCUT2D eigenvalue weighted by atomic mass is 9.88. The van der Waals surface area contributed by atoms with Gasteiger partial charge in [-0.3, -0.25) is 9.59 Å². The van der Waals surface area contributed by atoms with E-state index in [1.165, 1.54) is 0 Å². The molecule has 260 valence electrons. The molecule has 0 radical (unpaired) electrons. The monoisotopic (exact) mass is 675 g/mol. The summed E-state index contributed by atoms with van der Waals surface area (Å²) >= 11 is 0. The lowest BCUT2D eigenvalue weighted by molar-refractivity contribution is -0.132. The van der Waals surface area contributed by atoms with Gasteiger partial charge in [0.05, 0.1) is 29.7 Å². The van der Waals surface area contributed by atoms with Crippen LogP contribution < -0.4 is 16.0 Å². The van der Waals surface area contributed by atoms with E-state index in [9.17, 15) is 19.5 Å². The minimum absolute atomic E-state index is 0.0101. The summed E-state index contributed by atoms with van der Waals surface area (Å²) in [5.41, 5.74) is 3.32. The van der Waals surface area contributed by atoms with Gasteiger partial charge in [0.15, 0.2) is 0 Å². The molecular formula is C40H45N5O5. The molecule has 50 heavy (non-hydrogen) atoms. The number of nitrogens with zero attached hydrogens (tertiary/aromatic N) is 1. The zero-order valence-electron chi connectivity index (χ0n) is 28.6. The molecule has 10 nitrogen and oxygen atoms in total. The molecule has 0 fully saturated rings. The first-order valence-electron chi connectivity index (χ1n) is 16.9. The largest absolute Gasteiger partial charge is 0.444 e. The third-order valence-corrected chi connectivity index (χ3v) is 8.24. The number of aliphatic hydroxyl groups is 1. The van der Waals surface area contributed by atoms with E-state index in [1.807, 2.05) is 103 Å². The third kappa shape index (κ3) is 10.5. The van der Waals surface area contributed by atoms with E-state index < -0.39 is 47.6 Å². The molecule has 0 bridgehead atoms. The van der Waals surface area contributed by atoms with Crippen molar-refractivity contribution in [3.63, 3.8) is 0 Å². The fraction of sp³-hybridized carbons (Fsp3) is 0.300. The number of ether oxygens (including phenoxy) is 1. The lowest BCUT2D eigenvalue weighted by Crippen LogP contribution is -2.49. The van der Waals surface area contributed by atoms with E-state index in [2.05, 4.69) is 25.9 Å². The van der Waals surface area contributed by atoms with Crippen LogP contribution >= 0.6 is 0 Å². The van der Waals surface area contributed by atoms with Crippen molar-refractivity contribution in [2.75, 3.05) is 0 Å². The molecule has 1 aromatic heterocycles. The Balaban J connectivity index is 1.36. The number of carbonyl (C=O) groups excluding carboxylic acids is 3. The molecule has 10 heteroatoms. The summed E-state index contributed by atoms with van der Waals surface area (Å²) in [7, 11) is 0. The van der Waals surface area contributed by atoms with Crippen LogP contribution in [0.2, 0.25) is 0 Å². The van der Waals surface area contributed by atoms with Gasteiger partial charge in [-0.1, -0.05) is 103 Å². The Bertz CT molecular complexity index is 1810. The van der Waals surface area contributed by atoms with E-state index in [0.29, 0.717) is 24.2 Å². The van der Waals surface area contributed by atoms with E-state index in [0.717, 1.165) is 22.2 Å². The van der Waals surface area contributed by atoms with E-state index >= 15 is 0 Å². The Morgan fingerprint density at radius 1 is 0.760 bits per heavy atom. The van der Waals surface area contributed by atoms with Crippen molar-refractivity contribution >= 4 is 28.9 Å². The fourth-order valence-electron chi connectivity index (χ4n) is 5.82. The topological polar surface area (TPSA) is 145 Å². The van der Waals surface area contributed by atoms with Crippen LogP contribution in [0.1, 0.15) is 55.7 Å². The van der Waals surface area contributed by atoms with E-state index in [-0.39, 0.29) is 13.0 Å². The molecule has 5 rings (SSSR count). The van der Waals surface area contributed by atoms with Gasteiger partial charge in [0.2, 0.25) is 11.8 Å². The summed E-state index contributed by atoms with van der Waals surface area (Å²) in [6, 6.07) is 33.9. The third-order valence-electron chi connectivity index (χ3n) is 8.24. The van der Waals surface area contributed by atoms with Gasteiger partial charge < -0.3 is 30.8 Å². The predicted octanol–water partition coefficient (Wildman–Crippen LogP) is 5.78. The predicted molar refractivity (Wildman–Crippen MR) is 193 cm³/mol. The lowest BCUT2D eigenvalue weighted by Gasteiger charge is -2.29. The van der Waals surface area contributed by atoms with Crippen molar-refractivity contribution in [1.82, 2.24) is 25.9 Å². The first-order valence-corrected chi connectivity index (χ1v) is 16.9. The van der Waals surface area contributed by atoms with Gasteiger partial charge in [0.25, 0.3) is 0 Å². The molecule has 0 unspecified atom stereocenters. The van der Waals surface area contributed by atoms with Crippen molar-refractivity contribution in [2.45, 2.75) is 70.4 Å². The van der Waals surface area contributed by atoms with Gasteiger partial charge in [-0.15, -0.1) is 0 Å². The molecule has 3 amide bonds. The molecule has 0 aliphatic rings. The standard InChI is InChI=1S/C40H45N5O5/c1-40(2,3)50-39(49)44-33(24-28-17-9-5-10-18-28)34(46)25-30(23-27-15-7-4-8-16-27)37(47)45-36(29-19-11-6-12-20-29)38(48)41-26-35-42-31-21-13-14-22-32(31)43-35/h4-22,30,33-34,36,46H,23-26H2,1-3H3,(H,41,48)(H,42,43)(H,44,49)(H,45,47)/t30-,33-,34-,36-/m0/s1. The van der Waals surface area contributed by atoms with Crippen molar-refractivity contribution in [3.05, 3.63) is 138 Å². The summed E-state index contributed by atoms with van der Waals surface area (Å²) in [4.78, 5) is 48.6. The van der Waals surface area contributed by atoms with Gasteiger partial charge in [-0.25, -0.2) is 9.78 Å². The highest BCUT2D eigenvalue weighted by atomic mass is 16.6. The second kappa shape index (κ2) is 16.8. The first kappa shape index (κ1) is 35.8. The minimum atomic E-state index is -1.13. The van der Waals surface area contributed by atoms with E-state index in [4.69, 9.17) is 4.74 Å². The molecule has 4 atom stereocenters. The maximum absolute atomic E-state index is 14.2. The maximum atomic E-state index is 14.2. The van der Waals surface area contributed by atoms with Crippen LogP contribution in [-0.2, 0) is 33.7 Å². The zero-order chi connectivity index (χ0) is 35.5. The number of imidazole rings is 1. The van der Waals surface area contributed by atoms with Crippen molar-refractivity contribution < 1.29 is 24.2 Å². The number of hydrogen-bond donors (Lipinski definition) is 5. The number of para-hydroxylation sites is 2. The van der Waals surface area contributed by atoms with Gasteiger partial charge in [-0.05, 0) is 68.9 Å². The number of aliphatic hydroxyl groups excluding tert-OH is 1. The van der Waals surface area contributed by atoms with Crippen LogP contribution in [-0.4, -0.2) is 50.7 Å². The van der Waals surface area contributed by atoms with Gasteiger partial charge in [0.1, 0.15) is 17.5 Å². The van der Waals surface area contributed by atoms with Crippen LogP contribution in [0.25, 0.3) is 11.0 Å². The Labute approximate surface area is 292 Å². The number of carbonyl (C=O) groups is 3. The van der Waals surface area contributed by atoms with Crippen LogP contribution in [0.15, 0.2) is 115 Å². The number of fused-ring (bicyclic) bond motifs is 1. The molecule has 5 aromatic rings. The number of rotatable bonds is 14. The molecule has 0 saturated heterocycles. The maximum Gasteiger partial charge on any atom is 0.407 e. The highest BCUT2D eigenvalue weighted by molar-refractivity contribution is 5.89. The van der Waals surface area contributed by atoms with Gasteiger partial charge in [0, 0.05) is 5.92 Å². The quantitative estimate of drug-likeness (QED) is 0.101. The summed E-state index contributed by atoms with van der Waals surface area (Å²) in [5.74, 6) is -0.973. The van der Waals surface area contributed by atoms with Crippen molar-refractivity contribution in [1.29, 1.82) is 0 Å². The number of H-pyrrole nitrogens is 1. The molecular weight excluding hydrogens is 630 g/mol. The van der Waals surface area contributed by atoms with Crippen LogP contribution in [0, 0.1) is 5.92 Å². The number of nitrogens with one attached hydrogen (secondary N) is 4. The molecule has 5 N–H and O–H groups in total. The zero-order valence-corrected chi connectivity index (χ0v) is 28.6. The number of hydrogen-bond acceptors (Lipinski definition) is 6. The number of alkyl carbamates (subject to hydrolysis) is 1.